The summed E-state index contributed by atoms with van der Waals surface area (Å²) in [5.41, 5.74) is 0.827. The van der Waals surface area contributed by atoms with E-state index in [1.54, 1.807) is 42.5 Å². The molecule has 40 heavy (non-hydrogen) atoms. The molecule has 212 valence electrons. The second kappa shape index (κ2) is 13.0. The third-order valence-electron chi connectivity index (χ3n) is 5.47. The molecular formula is C27H30BrN5O6S. The van der Waals surface area contributed by atoms with Gasteiger partial charge in [-0.2, -0.15) is 4.98 Å². The summed E-state index contributed by atoms with van der Waals surface area (Å²) in [5.74, 6) is 0.271. The number of hydrogen-bond donors (Lipinski definition) is 2. The molecule has 2 aromatic heterocycles. The highest BCUT2D eigenvalue weighted by molar-refractivity contribution is 8.93. The van der Waals surface area contributed by atoms with E-state index < -0.39 is 10.0 Å². The van der Waals surface area contributed by atoms with Crippen LogP contribution in [0.1, 0.15) is 26.3 Å². The van der Waals surface area contributed by atoms with Crippen molar-refractivity contribution in [2.75, 3.05) is 25.0 Å². The molecule has 2 N–H and O–H groups in total. The fourth-order valence-corrected chi connectivity index (χ4v) is 4.48. The number of methoxy groups -OCH3 is 1. The number of anilines is 1. The molecule has 2 aromatic carbocycles. The van der Waals surface area contributed by atoms with Gasteiger partial charge >= 0.3 is 0 Å². The molecule has 0 aliphatic carbocycles. The molecule has 0 saturated carbocycles. The van der Waals surface area contributed by atoms with Crippen molar-refractivity contribution in [2.45, 2.75) is 31.1 Å². The van der Waals surface area contributed by atoms with Crippen LogP contribution in [0.5, 0.6) is 23.1 Å². The zero-order valence-electron chi connectivity index (χ0n) is 22.4. The molecule has 13 heteroatoms. The van der Waals surface area contributed by atoms with E-state index >= 15 is 0 Å². The average molecular weight is 633 g/mol. The topological polar surface area (TPSA) is 146 Å². The number of nitrogens with one attached hydrogen (secondary N) is 1. The number of ether oxygens (including phenoxy) is 3. The zero-order valence-corrected chi connectivity index (χ0v) is 24.9. The Labute approximate surface area is 243 Å². The number of halogens is 1. The van der Waals surface area contributed by atoms with Crippen molar-refractivity contribution in [1.29, 1.82) is 0 Å². The van der Waals surface area contributed by atoms with Gasteiger partial charge in [-0.3, -0.25) is 4.72 Å². The number of sulfonamides is 1. The molecule has 0 fully saturated rings. The number of benzene rings is 2. The highest BCUT2D eigenvalue weighted by Gasteiger charge is 2.26. The maximum atomic E-state index is 13.5. The largest absolute Gasteiger partial charge is 0.493 e. The van der Waals surface area contributed by atoms with Crippen molar-refractivity contribution >= 4 is 32.8 Å². The zero-order chi connectivity index (χ0) is 28.0. The quantitative estimate of drug-likeness (QED) is 0.251. The predicted molar refractivity (Wildman–Crippen MR) is 155 cm³/mol. The molecule has 0 aliphatic heterocycles. The minimum absolute atomic E-state index is 0. The summed E-state index contributed by atoms with van der Waals surface area (Å²) >= 11 is 0. The molecule has 0 unspecified atom stereocenters. The first-order valence-corrected chi connectivity index (χ1v) is 13.5. The average Bonchev–Trinajstić information content (AvgIpc) is 2.93. The first-order chi connectivity index (χ1) is 18.6. The summed E-state index contributed by atoms with van der Waals surface area (Å²) in [6, 6.07) is 15.0. The van der Waals surface area contributed by atoms with Crippen LogP contribution < -0.4 is 18.9 Å². The van der Waals surface area contributed by atoms with Gasteiger partial charge in [0.15, 0.2) is 23.1 Å². The van der Waals surface area contributed by atoms with Crippen molar-refractivity contribution in [3.05, 3.63) is 72.6 Å². The fraction of sp³-hybridized carbons (Fsp3) is 0.259. The summed E-state index contributed by atoms with van der Waals surface area (Å²) in [6.07, 6.45) is 3.00. The van der Waals surface area contributed by atoms with Crippen molar-refractivity contribution in [3.63, 3.8) is 0 Å². The Bertz CT molecular complexity index is 1530. The van der Waals surface area contributed by atoms with Crippen molar-refractivity contribution in [2.24, 2.45) is 0 Å². The van der Waals surface area contributed by atoms with E-state index in [9.17, 15) is 13.5 Å². The highest BCUT2D eigenvalue weighted by atomic mass is 79.9. The SMILES string of the molecule is Br.COc1ccccc1Oc1c(NS(=O)(=O)c2ccc(C(C)(C)C)cc2)nc(-c2ncccn2)nc1OCCO. The third kappa shape index (κ3) is 7.23. The Morgan fingerprint density at radius 3 is 2.15 bits per heavy atom. The van der Waals surface area contributed by atoms with Gasteiger partial charge < -0.3 is 19.3 Å². The van der Waals surface area contributed by atoms with E-state index in [1.165, 1.54) is 31.6 Å². The molecule has 0 atom stereocenters. The predicted octanol–water partition coefficient (Wildman–Crippen LogP) is 4.78. The van der Waals surface area contributed by atoms with Gasteiger partial charge in [-0.25, -0.2) is 23.4 Å². The van der Waals surface area contributed by atoms with E-state index in [1.807, 2.05) is 20.8 Å². The summed E-state index contributed by atoms with van der Waals surface area (Å²) in [6.45, 7) is 5.65. The first kappa shape index (κ1) is 30.7. The number of rotatable bonds is 10. The van der Waals surface area contributed by atoms with Crippen molar-refractivity contribution in [3.8, 4) is 34.8 Å². The molecule has 4 aromatic rings. The van der Waals surface area contributed by atoms with Crippen LogP contribution in [0.2, 0.25) is 0 Å². The molecule has 2 heterocycles. The number of aliphatic hydroxyl groups excluding tert-OH is 1. The lowest BCUT2D eigenvalue weighted by Crippen LogP contribution is -2.17. The third-order valence-corrected chi connectivity index (χ3v) is 6.83. The van der Waals surface area contributed by atoms with Gasteiger partial charge in [0.25, 0.3) is 15.9 Å². The highest BCUT2D eigenvalue weighted by Crippen LogP contribution is 2.41. The van der Waals surface area contributed by atoms with Gasteiger partial charge in [0.05, 0.1) is 18.6 Å². The van der Waals surface area contributed by atoms with Gasteiger partial charge in [-0.15, -0.1) is 17.0 Å². The Kier molecular flexibility index (Phi) is 10.0. The van der Waals surface area contributed by atoms with Crippen LogP contribution in [0, 0.1) is 0 Å². The van der Waals surface area contributed by atoms with Gasteiger partial charge in [-0.1, -0.05) is 45.0 Å². The Hall–Kier alpha value is -3.81. The smallest absolute Gasteiger partial charge is 0.263 e. The van der Waals surface area contributed by atoms with E-state index in [0.717, 1.165) is 5.56 Å². The maximum absolute atomic E-state index is 13.5. The molecule has 0 aliphatic rings. The monoisotopic (exact) mass is 631 g/mol. The summed E-state index contributed by atoms with van der Waals surface area (Å²) < 4.78 is 46.6. The van der Waals surface area contributed by atoms with Crippen LogP contribution in [-0.2, 0) is 15.4 Å². The summed E-state index contributed by atoms with van der Waals surface area (Å²) in [4.78, 5) is 17.1. The molecule has 0 amide bonds. The second-order valence-electron chi connectivity index (χ2n) is 9.31. The molecule has 0 bridgehead atoms. The summed E-state index contributed by atoms with van der Waals surface area (Å²) in [7, 11) is -2.66. The van der Waals surface area contributed by atoms with Gasteiger partial charge in [0.1, 0.15) is 6.61 Å². The number of nitrogens with zero attached hydrogens (tertiary/aromatic N) is 4. The minimum atomic E-state index is -4.14. The van der Waals surface area contributed by atoms with Crippen LogP contribution in [0.25, 0.3) is 11.6 Å². The lowest BCUT2D eigenvalue weighted by Gasteiger charge is -2.20. The van der Waals surface area contributed by atoms with E-state index in [2.05, 4.69) is 24.7 Å². The van der Waals surface area contributed by atoms with Crippen LogP contribution in [0.4, 0.5) is 5.82 Å². The Morgan fingerprint density at radius 1 is 0.900 bits per heavy atom. The number of para-hydroxylation sites is 2. The van der Waals surface area contributed by atoms with Crippen LogP contribution in [0.15, 0.2) is 71.9 Å². The minimum Gasteiger partial charge on any atom is -0.493 e. The normalized spacial score (nSPS) is 11.3. The van der Waals surface area contributed by atoms with E-state index in [-0.39, 0.29) is 75.4 Å². The summed E-state index contributed by atoms with van der Waals surface area (Å²) in [5, 5.41) is 9.40. The van der Waals surface area contributed by atoms with Gasteiger partial charge in [-0.05, 0) is 41.3 Å². The van der Waals surface area contributed by atoms with E-state index in [0.29, 0.717) is 5.75 Å². The first-order valence-electron chi connectivity index (χ1n) is 12.0. The molecule has 0 saturated heterocycles. The molecule has 4 rings (SSSR count). The van der Waals surface area contributed by atoms with Gasteiger partial charge in [0.2, 0.25) is 11.6 Å². The lowest BCUT2D eigenvalue weighted by atomic mass is 9.87. The number of aromatic nitrogens is 4. The van der Waals surface area contributed by atoms with Crippen molar-refractivity contribution in [1.82, 2.24) is 19.9 Å². The molecule has 11 nitrogen and oxygen atoms in total. The van der Waals surface area contributed by atoms with Crippen LogP contribution in [-0.4, -0.2) is 53.8 Å². The van der Waals surface area contributed by atoms with E-state index in [4.69, 9.17) is 14.2 Å². The number of hydrogen-bond acceptors (Lipinski definition) is 10. The maximum Gasteiger partial charge on any atom is 0.263 e. The van der Waals surface area contributed by atoms with Crippen LogP contribution >= 0.6 is 17.0 Å². The Balaban J connectivity index is 0.00000441. The van der Waals surface area contributed by atoms with Crippen LogP contribution in [0.3, 0.4) is 0 Å². The van der Waals surface area contributed by atoms with Crippen molar-refractivity contribution < 1.29 is 27.7 Å². The lowest BCUT2D eigenvalue weighted by molar-refractivity contribution is 0.192. The molecule has 0 spiro atoms. The molecular weight excluding hydrogens is 602 g/mol. The van der Waals surface area contributed by atoms with Gasteiger partial charge in [0, 0.05) is 12.4 Å². The fourth-order valence-electron chi connectivity index (χ4n) is 3.48. The standard InChI is InChI=1S/C27H29N5O6S.BrH/c1-27(2,3)18-10-12-19(13-11-18)39(34,35)32-23-22(38-21-9-6-5-8-20(21)36-4)26(37-17-16-33)31-25(30-23)24-28-14-7-15-29-24;/h5-15,33H,16-17H2,1-4H3,(H,30,31,32);1H. The Morgan fingerprint density at radius 2 is 1.55 bits per heavy atom. The second-order valence-corrected chi connectivity index (χ2v) is 11.0. The molecule has 0 radical (unpaired) electrons. The number of aliphatic hydroxyl groups is 1.